The standard InChI is InChI=1S/C24H23NO/c1-3-4-14-25-22-12-10-17(2)15-20(22)21-16-19(11-13-23(21)25)24(26)18-8-6-5-7-9-18/h5-13,15-16H,3-4,14H2,1-2H3. The number of benzene rings is 3. The maximum Gasteiger partial charge on any atom is 0.193 e. The van der Waals surface area contributed by atoms with E-state index in [0.717, 1.165) is 30.5 Å². The molecule has 3 aromatic carbocycles. The molecule has 2 heteroatoms. The van der Waals surface area contributed by atoms with Crippen molar-refractivity contribution >= 4 is 27.6 Å². The van der Waals surface area contributed by atoms with Crippen molar-refractivity contribution in [2.45, 2.75) is 33.2 Å². The molecule has 0 atom stereocenters. The Morgan fingerprint density at radius 3 is 2.27 bits per heavy atom. The second-order valence-corrected chi connectivity index (χ2v) is 6.95. The summed E-state index contributed by atoms with van der Waals surface area (Å²) in [6.45, 7) is 5.34. The zero-order valence-electron chi connectivity index (χ0n) is 15.3. The first kappa shape index (κ1) is 16.6. The lowest BCUT2D eigenvalue weighted by molar-refractivity contribution is 0.103. The van der Waals surface area contributed by atoms with Gasteiger partial charge in [-0.05, 0) is 43.7 Å². The molecule has 0 amide bonds. The zero-order valence-corrected chi connectivity index (χ0v) is 15.3. The Bertz CT molecular complexity index is 1090. The molecule has 0 aliphatic heterocycles. The number of ketones is 1. The molecular weight excluding hydrogens is 318 g/mol. The van der Waals surface area contributed by atoms with Gasteiger partial charge in [-0.3, -0.25) is 4.79 Å². The van der Waals surface area contributed by atoms with Crippen LogP contribution >= 0.6 is 0 Å². The maximum atomic E-state index is 12.9. The normalized spacial score (nSPS) is 11.3. The van der Waals surface area contributed by atoms with E-state index in [2.05, 4.69) is 48.7 Å². The van der Waals surface area contributed by atoms with Crippen molar-refractivity contribution in [3.05, 3.63) is 83.4 Å². The van der Waals surface area contributed by atoms with E-state index >= 15 is 0 Å². The van der Waals surface area contributed by atoms with Crippen LogP contribution < -0.4 is 0 Å². The van der Waals surface area contributed by atoms with E-state index < -0.39 is 0 Å². The summed E-state index contributed by atoms with van der Waals surface area (Å²) < 4.78 is 2.39. The van der Waals surface area contributed by atoms with E-state index in [0.29, 0.717) is 0 Å². The van der Waals surface area contributed by atoms with Crippen molar-refractivity contribution < 1.29 is 4.79 Å². The average Bonchev–Trinajstić information content (AvgIpc) is 2.98. The average molecular weight is 341 g/mol. The number of rotatable bonds is 5. The number of hydrogen-bond donors (Lipinski definition) is 0. The van der Waals surface area contributed by atoms with Gasteiger partial charge < -0.3 is 4.57 Å². The van der Waals surface area contributed by atoms with Gasteiger partial charge in [0.15, 0.2) is 5.78 Å². The number of nitrogens with zero attached hydrogens (tertiary/aromatic N) is 1. The minimum atomic E-state index is 0.0783. The van der Waals surface area contributed by atoms with Crippen LogP contribution in [0.4, 0.5) is 0 Å². The van der Waals surface area contributed by atoms with Crippen LogP contribution in [0.15, 0.2) is 66.7 Å². The quantitative estimate of drug-likeness (QED) is 0.400. The Kier molecular flexibility index (Phi) is 4.34. The number of aromatic nitrogens is 1. The Labute approximate surface area is 154 Å². The van der Waals surface area contributed by atoms with E-state index in [4.69, 9.17) is 0 Å². The van der Waals surface area contributed by atoms with Crippen LogP contribution in [0, 0.1) is 6.92 Å². The van der Waals surface area contributed by atoms with Crippen LogP contribution in [0.5, 0.6) is 0 Å². The molecule has 0 fully saturated rings. The smallest absolute Gasteiger partial charge is 0.193 e. The second-order valence-electron chi connectivity index (χ2n) is 6.95. The molecule has 130 valence electrons. The second kappa shape index (κ2) is 6.80. The first-order chi connectivity index (χ1) is 12.7. The highest BCUT2D eigenvalue weighted by Crippen LogP contribution is 2.31. The van der Waals surface area contributed by atoms with Gasteiger partial charge in [0.1, 0.15) is 0 Å². The van der Waals surface area contributed by atoms with Crippen LogP contribution in [-0.2, 0) is 6.54 Å². The third-order valence-electron chi connectivity index (χ3n) is 5.05. The molecule has 1 heterocycles. The highest BCUT2D eigenvalue weighted by Gasteiger charge is 2.14. The summed E-state index contributed by atoms with van der Waals surface area (Å²) in [5.74, 6) is 0.0783. The van der Waals surface area contributed by atoms with Crippen molar-refractivity contribution in [1.82, 2.24) is 4.57 Å². The van der Waals surface area contributed by atoms with Gasteiger partial charge >= 0.3 is 0 Å². The Morgan fingerprint density at radius 2 is 1.54 bits per heavy atom. The number of fused-ring (bicyclic) bond motifs is 3. The zero-order chi connectivity index (χ0) is 18.1. The number of carbonyl (C=O) groups is 1. The molecule has 4 aromatic rings. The number of carbonyl (C=O) groups excluding carboxylic acids is 1. The molecule has 0 saturated heterocycles. The van der Waals surface area contributed by atoms with E-state index in [1.165, 1.54) is 27.4 Å². The lowest BCUT2D eigenvalue weighted by Crippen LogP contribution is -2.01. The molecule has 0 spiro atoms. The van der Waals surface area contributed by atoms with Crippen molar-refractivity contribution in [2.24, 2.45) is 0 Å². The molecule has 0 bridgehead atoms. The summed E-state index contributed by atoms with van der Waals surface area (Å²) in [6.07, 6.45) is 2.31. The van der Waals surface area contributed by atoms with E-state index in [1.54, 1.807) is 0 Å². The van der Waals surface area contributed by atoms with Crippen molar-refractivity contribution in [3.63, 3.8) is 0 Å². The summed E-state index contributed by atoms with van der Waals surface area (Å²) >= 11 is 0. The first-order valence-electron chi connectivity index (χ1n) is 9.31. The van der Waals surface area contributed by atoms with Gasteiger partial charge in [-0.25, -0.2) is 0 Å². The van der Waals surface area contributed by atoms with Crippen molar-refractivity contribution in [1.29, 1.82) is 0 Å². The highest BCUT2D eigenvalue weighted by molar-refractivity contribution is 6.14. The van der Waals surface area contributed by atoms with Gasteiger partial charge in [-0.1, -0.05) is 55.3 Å². The monoisotopic (exact) mass is 341 g/mol. The maximum absolute atomic E-state index is 12.9. The van der Waals surface area contributed by atoms with Gasteiger partial charge in [-0.2, -0.15) is 0 Å². The van der Waals surface area contributed by atoms with E-state index in [9.17, 15) is 4.79 Å². The fraction of sp³-hybridized carbons (Fsp3) is 0.208. The van der Waals surface area contributed by atoms with Crippen molar-refractivity contribution in [2.75, 3.05) is 0 Å². The van der Waals surface area contributed by atoms with E-state index in [-0.39, 0.29) is 5.78 Å². The SMILES string of the molecule is CCCCn1c2ccc(C)cc2c2cc(C(=O)c3ccccc3)ccc21. The van der Waals surface area contributed by atoms with Crippen molar-refractivity contribution in [3.8, 4) is 0 Å². The molecule has 26 heavy (non-hydrogen) atoms. The fourth-order valence-electron chi connectivity index (χ4n) is 3.67. The van der Waals surface area contributed by atoms with Gasteiger partial charge in [0.25, 0.3) is 0 Å². The molecule has 0 saturated carbocycles. The molecular formula is C24H23NO. The molecule has 0 radical (unpaired) electrons. The molecule has 0 N–H and O–H groups in total. The predicted octanol–water partition coefficient (Wildman–Crippen LogP) is 6.13. The van der Waals surface area contributed by atoms with Crippen LogP contribution in [0.2, 0.25) is 0 Å². The molecule has 1 aromatic heterocycles. The minimum Gasteiger partial charge on any atom is -0.340 e. The number of unbranched alkanes of at least 4 members (excludes halogenated alkanes) is 1. The summed E-state index contributed by atoms with van der Waals surface area (Å²) in [5.41, 5.74) is 5.19. The lowest BCUT2D eigenvalue weighted by atomic mass is 10.0. The Morgan fingerprint density at radius 1 is 0.846 bits per heavy atom. The van der Waals surface area contributed by atoms with Gasteiger partial charge in [0, 0.05) is 39.5 Å². The molecule has 0 unspecified atom stereocenters. The lowest BCUT2D eigenvalue weighted by Gasteiger charge is -2.07. The molecule has 0 aliphatic carbocycles. The van der Waals surface area contributed by atoms with Crippen LogP contribution in [0.3, 0.4) is 0 Å². The largest absolute Gasteiger partial charge is 0.340 e. The van der Waals surface area contributed by atoms with Crippen LogP contribution in [-0.4, -0.2) is 10.4 Å². The fourth-order valence-corrected chi connectivity index (χ4v) is 3.67. The Balaban J connectivity index is 1.91. The van der Waals surface area contributed by atoms with Gasteiger partial charge in [-0.15, -0.1) is 0 Å². The summed E-state index contributed by atoms with van der Waals surface area (Å²) in [6, 6.07) is 22.2. The summed E-state index contributed by atoms with van der Waals surface area (Å²) in [5, 5.41) is 2.40. The topological polar surface area (TPSA) is 22.0 Å². The third kappa shape index (κ3) is 2.82. The number of aryl methyl sites for hydroxylation is 2. The highest BCUT2D eigenvalue weighted by atomic mass is 16.1. The molecule has 2 nitrogen and oxygen atoms in total. The minimum absolute atomic E-state index is 0.0783. The Hall–Kier alpha value is -2.87. The third-order valence-corrected chi connectivity index (χ3v) is 5.05. The summed E-state index contributed by atoms with van der Waals surface area (Å²) in [4.78, 5) is 12.9. The molecule has 0 aliphatic rings. The predicted molar refractivity (Wildman–Crippen MR) is 109 cm³/mol. The summed E-state index contributed by atoms with van der Waals surface area (Å²) in [7, 11) is 0. The van der Waals surface area contributed by atoms with Crippen LogP contribution in [0.1, 0.15) is 41.3 Å². The van der Waals surface area contributed by atoms with Gasteiger partial charge in [0.2, 0.25) is 0 Å². The van der Waals surface area contributed by atoms with E-state index in [1.807, 2.05) is 36.4 Å². The number of hydrogen-bond acceptors (Lipinski definition) is 1. The first-order valence-corrected chi connectivity index (χ1v) is 9.31. The van der Waals surface area contributed by atoms with Gasteiger partial charge in [0.05, 0.1) is 0 Å². The molecule has 4 rings (SSSR count). The van der Waals surface area contributed by atoms with Crippen LogP contribution in [0.25, 0.3) is 21.8 Å².